The van der Waals surface area contributed by atoms with Crippen LogP contribution >= 0.6 is 0 Å². The zero-order valence-electron chi connectivity index (χ0n) is 15.0. The van der Waals surface area contributed by atoms with E-state index in [9.17, 15) is 4.79 Å². The molecule has 1 heterocycles. The number of hydrogen-bond acceptors (Lipinski definition) is 4. The summed E-state index contributed by atoms with van der Waals surface area (Å²) in [6.07, 6.45) is 6.55. The summed E-state index contributed by atoms with van der Waals surface area (Å²) in [5.74, 6) is 4.38. The topological polar surface area (TPSA) is 64.4 Å². The molecule has 2 bridgehead atoms. The number of nitrogens with one attached hydrogen (secondary N) is 1. The van der Waals surface area contributed by atoms with E-state index < -0.39 is 0 Å². The summed E-state index contributed by atoms with van der Waals surface area (Å²) in [6.45, 7) is 0. The number of methoxy groups -OCH3 is 1. The monoisotopic (exact) mass is 352 g/mol. The molecule has 3 saturated carbocycles. The maximum absolute atomic E-state index is 12.7. The number of benzene rings is 1. The van der Waals surface area contributed by atoms with E-state index in [4.69, 9.17) is 9.26 Å². The summed E-state index contributed by atoms with van der Waals surface area (Å²) < 4.78 is 10.8. The van der Waals surface area contributed by atoms with Crippen molar-refractivity contribution in [1.29, 1.82) is 0 Å². The molecular formula is C21H24N2O3. The van der Waals surface area contributed by atoms with E-state index in [0.29, 0.717) is 29.2 Å². The second-order valence-electron chi connectivity index (χ2n) is 8.01. The molecule has 0 aliphatic heterocycles. The van der Waals surface area contributed by atoms with Gasteiger partial charge >= 0.3 is 0 Å². The number of amides is 1. The number of rotatable bonds is 4. The van der Waals surface area contributed by atoms with Crippen LogP contribution in [0.25, 0.3) is 11.3 Å². The molecule has 5 nitrogen and oxygen atoms in total. The van der Waals surface area contributed by atoms with Gasteiger partial charge in [0.2, 0.25) is 0 Å². The second-order valence-corrected chi connectivity index (χ2v) is 8.01. The van der Waals surface area contributed by atoms with Crippen molar-refractivity contribution in [2.75, 3.05) is 7.11 Å². The molecule has 2 aromatic rings. The van der Waals surface area contributed by atoms with Crippen molar-refractivity contribution in [3.63, 3.8) is 0 Å². The molecule has 0 saturated heterocycles. The summed E-state index contributed by atoms with van der Waals surface area (Å²) in [5, 5.41) is 7.24. The van der Waals surface area contributed by atoms with Crippen LogP contribution < -0.4 is 10.1 Å². The quantitative estimate of drug-likeness (QED) is 0.906. The van der Waals surface area contributed by atoms with Crippen molar-refractivity contribution < 1.29 is 14.1 Å². The summed E-state index contributed by atoms with van der Waals surface area (Å²) in [4.78, 5) is 12.7. The molecule has 0 radical (unpaired) electrons. The van der Waals surface area contributed by atoms with Crippen LogP contribution in [0.5, 0.6) is 5.75 Å². The van der Waals surface area contributed by atoms with Gasteiger partial charge in [-0.1, -0.05) is 23.7 Å². The van der Waals surface area contributed by atoms with Gasteiger partial charge in [-0.2, -0.15) is 0 Å². The van der Waals surface area contributed by atoms with E-state index in [0.717, 1.165) is 29.7 Å². The average molecular weight is 352 g/mol. The van der Waals surface area contributed by atoms with Crippen LogP contribution in [-0.4, -0.2) is 24.2 Å². The van der Waals surface area contributed by atoms with Gasteiger partial charge in [0.25, 0.3) is 5.91 Å². The Kier molecular flexibility index (Phi) is 3.76. The van der Waals surface area contributed by atoms with Crippen molar-refractivity contribution in [1.82, 2.24) is 10.5 Å². The van der Waals surface area contributed by atoms with Gasteiger partial charge in [-0.15, -0.1) is 0 Å². The molecule has 3 aliphatic rings. The van der Waals surface area contributed by atoms with E-state index in [2.05, 4.69) is 10.5 Å². The first kappa shape index (κ1) is 15.9. The number of hydrogen-bond donors (Lipinski definition) is 1. The van der Waals surface area contributed by atoms with E-state index >= 15 is 0 Å². The van der Waals surface area contributed by atoms with Crippen molar-refractivity contribution in [2.45, 2.75) is 38.1 Å². The Labute approximate surface area is 153 Å². The lowest BCUT2D eigenvalue weighted by Crippen LogP contribution is -2.42. The highest BCUT2D eigenvalue weighted by molar-refractivity contribution is 5.93. The average Bonchev–Trinajstić information content (AvgIpc) is 3.42. The second kappa shape index (κ2) is 6.15. The Bertz CT molecular complexity index is 830. The molecule has 5 rings (SSSR count). The smallest absolute Gasteiger partial charge is 0.273 e. The number of fused-ring (bicyclic) bond motifs is 5. The Morgan fingerprint density at radius 2 is 2.04 bits per heavy atom. The third-order valence-corrected chi connectivity index (χ3v) is 6.86. The lowest BCUT2D eigenvalue weighted by atomic mass is 9.79. The highest BCUT2D eigenvalue weighted by Crippen LogP contribution is 2.58. The molecule has 3 aliphatic carbocycles. The highest BCUT2D eigenvalue weighted by atomic mass is 16.5. The van der Waals surface area contributed by atoms with Gasteiger partial charge in [0, 0.05) is 12.1 Å². The van der Waals surface area contributed by atoms with Gasteiger partial charge < -0.3 is 14.6 Å². The Hall–Kier alpha value is -2.30. The number of aromatic nitrogens is 1. The van der Waals surface area contributed by atoms with Gasteiger partial charge in [0.1, 0.15) is 5.75 Å². The first-order valence-electron chi connectivity index (χ1n) is 9.65. The van der Waals surface area contributed by atoms with Crippen LogP contribution in [0.4, 0.5) is 0 Å². The van der Waals surface area contributed by atoms with Crippen LogP contribution in [0.15, 0.2) is 34.9 Å². The van der Waals surface area contributed by atoms with E-state index in [1.807, 2.05) is 24.3 Å². The lowest BCUT2D eigenvalue weighted by molar-refractivity contribution is 0.0892. The molecule has 3 fully saturated rings. The van der Waals surface area contributed by atoms with Gasteiger partial charge in [0.15, 0.2) is 11.5 Å². The summed E-state index contributed by atoms with van der Waals surface area (Å²) in [6, 6.07) is 9.59. The van der Waals surface area contributed by atoms with Crippen molar-refractivity contribution in [3.8, 4) is 17.1 Å². The highest BCUT2D eigenvalue weighted by Gasteiger charge is 2.54. The zero-order chi connectivity index (χ0) is 17.7. The minimum Gasteiger partial charge on any atom is -0.496 e. The predicted octanol–water partition coefficient (Wildman–Crippen LogP) is 3.90. The van der Waals surface area contributed by atoms with Crippen molar-refractivity contribution >= 4 is 5.91 Å². The molecule has 1 aromatic carbocycles. The Balaban J connectivity index is 1.31. The molecule has 26 heavy (non-hydrogen) atoms. The third-order valence-electron chi connectivity index (χ3n) is 6.86. The number of ether oxygens (including phenoxy) is 1. The third kappa shape index (κ3) is 2.44. The summed E-state index contributed by atoms with van der Waals surface area (Å²) in [5.41, 5.74) is 1.15. The lowest BCUT2D eigenvalue weighted by Gasteiger charge is -2.31. The SMILES string of the molecule is COc1ccccc1-c1cc(C(=O)NC2CC3CC2C2CCCC32)no1. The van der Waals surface area contributed by atoms with Crippen LogP contribution in [0.3, 0.4) is 0 Å². The predicted molar refractivity (Wildman–Crippen MR) is 96.8 cm³/mol. The molecule has 1 amide bonds. The first-order chi connectivity index (χ1) is 12.7. The standard InChI is InChI=1S/C21H24N2O3/c1-25-19-8-3-2-5-15(19)20-11-18(23-26-20)21(24)22-17-10-12-9-16(17)14-7-4-6-13(12)14/h2-3,5,8,11-14,16-17H,4,6-7,9-10H2,1H3,(H,22,24). The fraction of sp³-hybridized carbons (Fsp3) is 0.524. The zero-order valence-corrected chi connectivity index (χ0v) is 15.0. The van der Waals surface area contributed by atoms with Gasteiger partial charge in [-0.05, 0) is 61.5 Å². The first-order valence-corrected chi connectivity index (χ1v) is 9.65. The molecule has 5 heteroatoms. The maximum Gasteiger partial charge on any atom is 0.273 e. The van der Waals surface area contributed by atoms with E-state index in [1.165, 1.54) is 25.7 Å². The molecular weight excluding hydrogens is 328 g/mol. The van der Waals surface area contributed by atoms with Gasteiger partial charge in [0.05, 0.1) is 12.7 Å². The van der Waals surface area contributed by atoms with Gasteiger partial charge in [-0.25, -0.2) is 0 Å². The molecule has 5 unspecified atom stereocenters. The maximum atomic E-state index is 12.7. The van der Waals surface area contributed by atoms with Crippen LogP contribution in [0.2, 0.25) is 0 Å². The number of carbonyl (C=O) groups excluding carboxylic acids is 1. The van der Waals surface area contributed by atoms with Crippen LogP contribution in [0.1, 0.15) is 42.6 Å². The van der Waals surface area contributed by atoms with Gasteiger partial charge in [-0.3, -0.25) is 4.79 Å². The van der Waals surface area contributed by atoms with Crippen molar-refractivity contribution in [3.05, 3.63) is 36.0 Å². The number of nitrogens with zero attached hydrogens (tertiary/aromatic N) is 1. The molecule has 136 valence electrons. The Morgan fingerprint density at radius 3 is 2.92 bits per heavy atom. The normalized spacial score (nSPS) is 31.8. The summed E-state index contributed by atoms with van der Waals surface area (Å²) in [7, 11) is 1.62. The van der Waals surface area contributed by atoms with Crippen LogP contribution in [0, 0.1) is 23.7 Å². The fourth-order valence-corrected chi connectivity index (χ4v) is 5.83. The van der Waals surface area contributed by atoms with E-state index in [1.54, 1.807) is 13.2 Å². The molecule has 1 aromatic heterocycles. The van der Waals surface area contributed by atoms with Crippen LogP contribution in [-0.2, 0) is 0 Å². The minimum absolute atomic E-state index is 0.123. The van der Waals surface area contributed by atoms with E-state index in [-0.39, 0.29) is 5.91 Å². The fourth-order valence-electron chi connectivity index (χ4n) is 5.83. The summed E-state index contributed by atoms with van der Waals surface area (Å²) >= 11 is 0. The number of carbonyl (C=O) groups is 1. The largest absolute Gasteiger partial charge is 0.496 e. The Morgan fingerprint density at radius 1 is 1.19 bits per heavy atom. The van der Waals surface area contributed by atoms with Crippen molar-refractivity contribution in [2.24, 2.45) is 23.7 Å². The minimum atomic E-state index is -0.123. The number of para-hydroxylation sites is 1. The molecule has 5 atom stereocenters. The molecule has 1 N–H and O–H groups in total. The molecule has 0 spiro atoms.